The molecule has 0 saturated heterocycles. The Labute approximate surface area is 153 Å². The largest absolute Gasteiger partial charge is 0.496 e. The van der Waals surface area contributed by atoms with E-state index in [9.17, 15) is 4.79 Å². The number of hydrogen-bond acceptors (Lipinski definition) is 3. The van der Waals surface area contributed by atoms with E-state index in [0.29, 0.717) is 19.5 Å². The van der Waals surface area contributed by atoms with Crippen LogP contribution in [-0.4, -0.2) is 31.1 Å². The first-order valence-corrected chi connectivity index (χ1v) is 8.92. The fourth-order valence-corrected chi connectivity index (χ4v) is 3.02. The quantitative estimate of drug-likeness (QED) is 0.519. The highest BCUT2D eigenvalue weighted by molar-refractivity contribution is 5.83. The summed E-state index contributed by atoms with van der Waals surface area (Å²) in [6, 6.07) is 16.0. The van der Waals surface area contributed by atoms with E-state index in [1.165, 1.54) is 16.5 Å². The molecule has 2 aromatic carbocycles. The highest BCUT2D eigenvalue weighted by Gasteiger charge is 2.05. The van der Waals surface area contributed by atoms with Crippen molar-refractivity contribution >= 4 is 16.8 Å². The summed E-state index contributed by atoms with van der Waals surface area (Å²) < 4.78 is 5.29. The maximum atomic E-state index is 12.0. The number of benzene rings is 2. The number of aromatic amines is 1. The molecule has 0 fully saturated rings. The lowest BCUT2D eigenvalue weighted by Crippen LogP contribution is -2.28. The molecule has 0 aliphatic carbocycles. The van der Waals surface area contributed by atoms with Crippen LogP contribution in [0.1, 0.15) is 17.5 Å². The van der Waals surface area contributed by atoms with Crippen LogP contribution >= 0.6 is 0 Å². The number of carbonyl (C=O) groups is 1. The van der Waals surface area contributed by atoms with Gasteiger partial charge in [-0.15, -0.1) is 0 Å². The number of fused-ring (bicyclic) bond motifs is 1. The molecule has 1 amide bonds. The van der Waals surface area contributed by atoms with Crippen molar-refractivity contribution < 1.29 is 9.53 Å². The molecule has 1 heterocycles. The molecule has 0 saturated carbocycles. The minimum absolute atomic E-state index is 0.0375. The zero-order chi connectivity index (χ0) is 18.2. The third-order valence-electron chi connectivity index (χ3n) is 4.44. The first-order chi connectivity index (χ1) is 12.8. The average molecular weight is 351 g/mol. The van der Waals surface area contributed by atoms with E-state index in [1.54, 1.807) is 7.11 Å². The summed E-state index contributed by atoms with van der Waals surface area (Å²) in [5, 5.41) is 7.55. The molecule has 5 nitrogen and oxygen atoms in total. The number of aromatic nitrogens is 1. The minimum Gasteiger partial charge on any atom is -0.496 e. The van der Waals surface area contributed by atoms with Crippen LogP contribution in [0.5, 0.6) is 5.75 Å². The zero-order valence-corrected chi connectivity index (χ0v) is 15.0. The van der Waals surface area contributed by atoms with Crippen molar-refractivity contribution in [2.75, 3.05) is 20.2 Å². The highest BCUT2D eigenvalue weighted by Crippen LogP contribution is 2.18. The van der Waals surface area contributed by atoms with Crippen LogP contribution in [0.15, 0.2) is 54.7 Å². The normalized spacial score (nSPS) is 10.8. The first kappa shape index (κ1) is 18.0. The molecule has 0 radical (unpaired) electrons. The second kappa shape index (κ2) is 9.06. The van der Waals surface area contributed by atoms with Crippen molar-refractivity contribution in [2.24, 2.45) is 0 Å². The molecule has 3 aromatic rings. The first-order valence-electron chi connectivity index (χ1n) is 8.92. The van der Waals surface area contributed by atoms with Gasteiger partial charge in [-0.1, -0.05) is 36.4 Å². The Kier molecular flexibility index (Phi) is 6.28. The summed E-state index contributed by atoms with van der Waals surface area (Å²) >= 11 is 0. The van der Waals surface area contributed by atoms with Gasteiger partial charge < -0.3 is 20.4 Å². The summed E-state index contributed by atoms with van der Waals surface area (Å²) in [7, 11) is 1.64. The summed E-state index contributed by atoms with van der Waals surface area (Å²) in [6.45, 7) is 2.00. The van der Waals surface area contributed by atoms with Gasteiger partial charge in [0.25, 0.3) is 0 Å². The number of ether oxygens (including phenoxy) is 1. The number of amides is 1. The Hall–Kier alpha value is -2.79. The second-order valence-corrected chi connectivity index (χ2v) is 6.20. The molecule has 0 bridgehead atoms. The Morgan fingerprint density at radius 2 is 1.85 bits per heavy atom. The SMILES string of the molecule is COc1ccccc1CNC(=O)CCNCCc1c[nH]c2ccccc12. The van der Waals surface area contributed by atoms with Gasteiger partial charge in [-0.3, -0.25) is 4.79 Å². The molecule has 3 rings (SSSR count). The monoisotopic (exact) mass is 351 g/mol. The van der Waals surface area contributed by atoms with Crippen molar-refractivity contribution in [1.82, 2.24) is 15.6 Å². The van der Waals surface area contributed by atoms with Crippen molar-refractivity contribution in [3.8, 4) is 5.75 Å². The van der Waals surface area contributed by atoms with Gasteiger partial charge in [0, 0.05) is 42.2 Å². The van der Waals surface area contributed by atoms with Crippen molar-refractivity contribution in [2.45, 2.75) is 19.4 Å². The number of para-hydroxylation sites is 2. The smallest absolute Gasteiger partial charge is 0.221 e. The predicted molar refractivity (Wildman–Crippen MR) is 104 cm³/mol. The molecule has 0 atom stereocenters. The topological polar surface area (TPSA) is 66.2 Å². The predicted octanol–water partition coefficient (Wildman–Crippen LogP) is 3.02. The summed E-state index contributed by atoms with van der Waals surface area (Å²) in [5.41, 5.74) is 3.45. The Morgan fingerprint density at radius 1 is 1.04 bits per heavy atom. The molecule has 1 aromatic heterocycles. The Morgan fingerprint density at radius 3 is 2.73 bits per heavy atom. The van der Waals surface area contributed by atoms with E-state index in [1.807, 2.05) is 30.3 Å². The van der Waals surface area contributed by atoms with Gasteiger partial charge in [-0.25, -0.2) is 0 Å². The van der Waals surface area contributed by atoms with Crippen LogP contribution in [-0.2, 0) is 17.8 Å². The van der Waals surface area contributed by atoms with Gasteiger partial charge >= 0.3 is 0 Å². The fraction of sp³-hybridized carbons (Fsp3) is 0.286. The van der Waals surface area contributed by atoms with E-state index in [4.69, 9.17) is 4.74 Å². The van der Waals surface area contributed by atoms with E-state index >= 15 is 0 Å². The van der Waals surface area contributed by atoms with Gasteiger partial charge in [0.05, 0.1) is 7.11 Å². The molecule has 26 heavy (non-hydrogen) atoms. The molecular formula is C21H25N3O2. The van der Waals surface area contributed by atoms with Gasteiger partial charge in [-0.2, -0.15) is 0 Å². The molecule has 0 aliphatic rings. The second-order valence-electron chi connectivity index (χ2n) is 6.20. The number of rotatable bonds is 9. The van der Waals surface area contributed by atoms with E-state index in [0.717, 1.165) is 24.3 Å². The van der Waals surface area contributed by atoms with Gasteiger partial charge in [-0.05, 0) is 30.7 Å². The Bertz CT molecular complexity index is 857. The molecule has 0 aliphatic heterocycles. The molecule has 0 spiro atoms. The van der Waals surface area contributed by atoms with Crippen molar-refractivity contribution in [3.05, 3.63) is 65.9 Å². The highest BCUT2D eigenvalue weighted by atomic mass is 16.5. The summed E-state index contributed by atoms with van der Waals surface area (Å²) in [5.74, 6) is 0.833. The third kappa shape index (κ3) is 4.64. The maximum Gasteiger partial charge on any atom is 0.221 e. The van der Waals surface area contributed by atoms with E-state index in [-0.39, 0.29) is 5.91 Å². The lowest BCUT2D eigenvalue weighted by atomic mass is 10.1. The van der Waals surface area contributed by atoms with E-state index in [2.05, 4.69) is 40.0 Å². The van der Waals surface area contributed by atoms with Gasteiger partial charge in [0.1, 0.15) is 5.75 Å². The molecule has 3 N–H and O–H groups in total. The molecule has 0 unspecified atom stereocenters. The van der Waals surface area contributed by atoms with Gasteiger partial charge in [0.15, 0.2) is 0 Å². The van der Waals surface area contributed by atoms with Crippen molar-refractivity contribution in [1.29, 1.82) is 0 Å². The average Bonchev–Trinajstić information content (AvgIpc) is 3.09. The number of carbonyl (C=O) groups excluding carboxylic acids is 1. The van der Waals surface area contributed by atoms with Crippen LogP contribution < -0.4 is 15.4 Å². The number of nitrogens with one attached hydrogen (secondary N) is 3. The minimum atomic E-state index is 0.0375. The third-order valence-corrected chi connectivity index (χ3v) is 4.44. The standard InChI is InChI=1S/C21H25N3O2/c1-26-20-9-5-2-6-17(20)15-24-21(25)11-13-22-12-10-16-14-23-19-8-4-3-7-18(16)19/h2-9,14,22-23H,10-13,15H2,1H3,(H,24,25). The number of H-pyrrole nitrogens is 1. The van der Waals surface area contributed by atoms with Crippen LogP contribution in [0.3, 0.4) is 0 Å². The van der Waals surface area contributed by atoms with Crippen LogP contribution in [0.4, 0.5) is 0 Å². The number of methoxy groups -OCH3 is 1. The maximum absolute atomic E-state index is 12.0. The Balaban J connectivity index is 1.35. The fourth-order valence-electron chi connectivity index (χ4n) is 3.02. The van der Waals surface area contributed by atoms with Crippen LogP contribution in [0.25, 0.3) is 10.9 Å². The lowest BCUT2D eigenvalue weighted by molar-refractivity contribution is -0.121. The lowest BCUT2D eigenvalue weighted by Gasteiger charge is -2.10. The molecular weight excluding hydrogens is 326 g/mol. The molecule has 136 valence electrons. The van der Waals surface area contributed by atoms with Crippen LogP contribution in [0, 0.1) is 0 Å². The van der Waals surface area contributed by atoms with Gasteiger partial charge in [0.2, 0.25) is 5.91 Å². The van der Waals surface area contributed by atoms with Crippen molar-refractivity contribution in [3.63, 3.8) is 0 Å². The van der Waals surface area contributed by atoms with Crippen LogP contribution in [0.2, 0.25) is 0 Å². The number of hydrogen-bond donors (Lipinski definition) is 3. The summed E-state index contributed by atoms with van der Waals surface area (Å²) in [6.07, 6.45) is 3.46. The zero-order valence-electron chi connectivity index (χ0n) is 15.0. The van der Waals surface area contributed by atoms with E-state index < -0.39 is 0 Å². The molecule has 5 heteroatoms. The summed E-state index contributed by atoms with van der Waals surface area (Å²) in [4.78, 5) is 15.3.